The van der Waals surface area contributed by atoms with Gasteiger partial charge in [0.05, 0.1) is 5.69 Å². The third-order valence-corrected chi connectivity index (χ3v) is 2.37. The lowest BCUT2D eigenvalue weighted by molar-refractivity contribution is -0.137. The van der Waals surface area contributed by atoms with E-state index in [1.54, 1.807) is 0 Å². The fourth-order valence-electron chi connectivity index (χ4n) is 1.46. The number of carbonyl (C=O) groups is 1. The van der Waals surface area contributed by atoms with E-state index < -0.39 is 5.97 Å². The molecule has 0 saturated heterocycles. The van der Waals surface area contributed by atoms with Gasteiger partial charge in [-0.1, -0.05) is 25.4 Å². The summed E-state index contributed by atoms with van der Waals surface area (Å²) in [5.41, 5.74) is 1.72. The average Bonchev–Trinajstić information content (AvgIpc) is 2.25. The smallest absolute Gasteiger partial charge is 0.325 e. The first kappa shape index (κ1) is 11.0. The summed E-state index contributed by atoms with van der Waals surface area (Å²) in [4.78, 5) is 10.5. The highest BCUT2D eigenvalue weighted by Gasteiger charge is 2.17. The predicted molar refractivity (Wildman–Crippen MR) is 53.7 cm³/mol. The first-order valence-corrected chi connectivity index (χ1v) is 4.76. The van der Waals surface area contributed by atoms with E-state index in [0.29, 0.717) is 5.15 Å². The summed E-state index contributed by atoms with van der Waals surface area (Å²) in [6.45, 7) is 5.65. The minimum absolute atomic E-state index is 0.188. The van der Waals surface area contributed by atoms with E-state index in [1.807, 2.05) is 20.8 Å². The lowest BCUT2D eigenvalue weighted by Crippen LogP contribution is -2.10. The maximum absolute atomic E-state index is 10.5. The van der Waals surface area contributed by atoms with Gasteiger partial charge in [0, 0.05) is 5.56 Å². The second-order valence-electron chi connectivity index (χ2n) is 3.50. The fourth-order valence-corrected chi connectivity index (χ4v) is 1.91. The van der Waals surface area contributed by atoms with Crippen molar-refractivity contribution in [3.8, 4) is 0 Å². The van der Waals surface area contributed by atoms with Crippen molar-refractivity contribution in [1.29, 1.82) is 0 Å². The van der Waals surface area contributed by atoms with Gasteiger partial charge >= 0.3 is 5.97 Å². The van der Waals surface area contributed by atoms with Crippen LogP contribution < -0.4 is 0 Å². The Hall–Kier alpha value is -1.03. The molecule has 1 aromatic heterocycles. The van der Waals surface area contributed by atoms with Crippen LogP contribution in [0.2, 0.25) is 5.15 Å². The molecule has 0 aliphatic carbocycles. The summed E-state index contributed by atoms with van der Waals surface area (Å²) in [7, 11) is 0. The average molecular weight is 217 g/mol. The molecule has 0 amide bonds. The molecule has 1 aromatic rings. The molecule has 0 aliphatic rings. The number of aromatic nitrogens is 2. The van der Waals surface area contributed by atoms with Crippen LogP contribution in [0.4, 0.5) is 0 Å². The number of carboxylic acids is 1. The van der Waals surface area contributed by atoms with Gasteiger partial charge < -0.3 is 5.11 Å². The lowest BCUT2D eigenvalue weighted by atomic mass is 10.1. The first-order chi connectivity index (χ1) is 6.43. The molecule has 0 aliphatic heterocycles. The van der Waals surface area contributed by atoms with Crippen LogP contribution in [-0.4, -0.2) is 20.9 Å². The molecule has 0 saturated carbocycles. The number of hydrogen-bond donors (Lipinski definition) is 1. The van der Waals surface area contributed by atoms with E-state index in [1.165, 1.54) is 4.68 Å². The summed E-state index contributed by atoms with van der Waals surface area (Å²) in [6.07, 6.45) is 0. The minimum atomic E-state index is -0.940. The van der Waals surface area contributed by atoms with Gasteiger partial charge in [-0.05, 0) is 12.8 Å². The van der Waals surface area contributed by atoms with E-state index in [2.05, 4.69) is 5.10 Å². The Bertz CT molecular complexity index is 358. The van der Waals surface area contributed by atoms with Crippen LogP contribution in [0.15, 0.2) is 0 Å². The van der Waals surface area contributed by atoms with Crippen LogP contribution in [0.1, 0.15) is 31.0 Å². The monoisotopic (exact) mass is 216 g/mol. The molecule has 0 fully saturated rings. The molecule has 0 unspecified atom stereocenters. The summed E-state index contributed by atoms with van der Waals surface area (Å²) in [6, 6.07) is 0. The van der Waals surface area contributed by atoms with E-state index in [4.69, 9.17) is 16.7 Å². The van der Waals surface area contributed by atoms with Gasteiger partial charge in [-0.25, -0.2) is 4.68 Å². The van der Waals surface area contributed by atoms with Crippen molar-refractivity contribution in [2.24, 2.45) is 0 Å². The minimum Gasteiger partial charge on any atom is -0.480 e. The van der Waals surface area contributed by atoms with Crippen molar-refractivity contribution in [2.75, 3.05) is 0 Å². The molecular formula is C9H13ClN2O2. The zero-order valence-electron chi connectivity index (χ0n) is 8.41. The number of rotatable bonds is 3. The largest absolute Gasteiger partial charge is 0.480 e. The zero-order valence-corrected chi connectivity index (χ0v) is 9.17. The maximum Gasteiger partial charge on any atom is 0.325 e. The predicted octanol–water partition coefficient (Wildman–Crippen LogP) is 2.05. The molecule has 1 N–H and O–H groups in total. The normalized spacial score (nSPS) is 10.9. The highest BCUT2D eigenvalue weighted by atomic mass is 35.5. The second kappa shape index (κ2) is 4.00. The first-order valence-electron chi connectivity index (χ1n) is 4.38. The number of hydrogen-bond acceptors (Lipinski definition) is 2. The van der Waals surface area contributed by atoms with E-state index in [-0.39, 0.29) is 12.5 Å². The lowest BCUT2D eigenvalue weighted by Gasteiger charge is -2.03. The third kappa shape index (κ3) is 2.07. The van der Waals surface area contributed by atoms with E-state index >= 15 is 0 Å². The summed E-state index contributed by atoms with van der Waals surface area (Å²) < 4.78 is 1.31. The fraction of sp³-hybridized carbons (Fsp3) is 0.556. The Kier molecular flexibility index (Phi) is 3.16. The number of nitrogens with zero attached hydrogens (tertiary/aromatic N) is 2. The highest BCUT2D eigenvalue weighted by molar-refractivity contribution is 6.30. The number of halogens is 1. The topological polar surface area (TPSA) is 55.1 Å². The van der Waals surface area contributed by atoms with Crippen LogP contribution in [-0.2, 0) is 11.3 Å². The Morgan fingerprint density at radius 3 is 2.57 bits per heavy atom. The van der Waals surface area contributed by atoms with Crippen LogP contribution in [0, 0.1) is 6.92 Å². The van der Waals surface area contributed by atoms with Crippen molar-refractivity contribution in [1.82, 2.24) is 9.78 Å². The number of aryl methyl sites for hydroxylation is 1. The Labute approximate surface area is 87.5 Å². The van der Waals surface area contributed by atoms with Crippen molar-refractivity contribution in [3.05, 3.63) is 16.4 Å². The van der Waals surface area contributed by atoms with Crippen LogP contribution in [0.3, 0.4) is 0 Å². The number of carboxylic acid groups (broad SMARTS) is 1. The molecule has 0 bridgehead atoms. The van der Waals surface area contributed by atoms with Gasteiger partial charge in [-0.3, -0.25) is 4.79 Å². The SMILES string of the molecule is Cc1nn(CC(=O)O)c(Cl)c1C(C)C. The number of aliphatic carboxylic acids is 1. The summed E-state index contributed by atoms with van der Waals surface area (Å²) in [5, 5.41) is 13.1. The summed E-state index contributed by atoms with van der Waals surface area (Å²) >= 11 is 6.01. The molecule has 4 nitrogen and oxygen atoms in total. The molecule has 1 rings (SSSR count). The molecular weight excluding hydrogens is 204 g/mol. The van der Waals surface area contributed by atoms with Gasteiger partial charge in [0.25, 0.3) is 0 Å². The molecule has 0 aromatic carbocycles. The quantitative estimate of drug-likeness (QED) is 0.842. The van der Waals surface area contributed by atoms with Gasteiger partial charge in [-0.15, -0.1) is 0 Å². The van der Waals surface area contributed by atoms with Gasteiger partial charge in [0.2, 0.25) is 0 Å². The molecule has 5 heteroatoms. The molecule has 14 heavy (non-hydrogen) atoms. The van der Waals surface area contributed by atoms with Crippen molar-refractivity contribution < 1.29 is 9.90 Å². The molecule has 0 spiro atoms. The third-order valence-electron chi connectivity index (χ3n) is 1.97. The van der Waals surface area contributed by atoms with Crippen molar-refractivity contribution in [3.63, 3.8) is 0 Å². The van der Waals surface area contributed by atoms with Crippen molar-refractivity contribution >= 4 is 17.6 Å². The van der Waals surface area contributed by atoms with Gasteiger partial charge in [0.15, 0.2) is 0 Å². The molecule has 0 radical (unpaired) electrons. The van der Waals surface area contributed by atoms with Crippen LogP contribution >= 0.6 is 11.6 Å². The van der Waals surface area contributed by atoms with Crippen molar-refractivity contribution in [2.45, 2.75) is 33.2 Å². The Morgan fingerprint density at radius 2 is 2.21 bits per heavy atom. The van der Waals surface area contributed by atoms with E-state index in [0.717, 1.165) is 11.3 Å². The zero-order chi connectivity index (χ0) is 10.9. The second-order valence-corrected chi connectivity index (χ2v) is 3.85. The van der Waals surface area contributed by atoms with Crippen LogP contribution in [0.25, 0.3) is 0 Å². The molecule has 0 atom stereocenters. The Morgan fingerprint density at radius 1 is 1.64 bits per heavy atom. The highest BCUT2D eigenvalue weighted by Crippen LogP contribution is 2.27. The van der Waals surface area contributed by atoms with Gasteiger partial charge in [0.1, 0.15) is 11.7 Å². The van der Waals surface area contributed by atoms with Gasteiger partial charge in [-0.2, -0.15) is 5.10 Å². The summed E-state index contributed by atoms with van der Waals surface area (Å²) in [5.74, 6) is -0.685. The van der Waals surface area contributed by atoms with E-state index in [9.17, 15) is 4.79 Å². The maximum atomic E-state index is 10.5. The standard InChI is InChI=1S/C9H13ClN2O2/c1-5(2)8-6(3)11-12(9(8)10)4-7(13)14/h5H,4H2,1-3H3,(H,13,14). The molecule has 78 valence electrons. The van der Waals surface area contributed by atoms with Crippen LogP contribution in [0.5, 0.6) is 0 Å². The molecule has 1 heterocycles. The Balaban J connectivity index is 3.10.